The SMILES string of the molecule is CC(=O)C(Sc1ccccc1)C(C)C1=CCCCC1. The van der Waals surface area contributed by atoms with Gasteiger partial charge in [0.25, 0.3) is 0 Å². The number of ketones is 1. The zero-order chi connectivity index (χ0) is 13.7. The van der Waals surface area contributed by atoms with Gasteiger partial charge in [0.05, 0.1) is 5.25 Å². The smallest absolute Gasteiger partial charge is 0.143 e. The summed E-state index contributed by atoms with van der Waals surface area (Å²) in [6.07, 6.45) is 7.28. The molecule has 0 saturated heterocycles. The Hall–Kier alpha value is -1.02. The second-order valence-corrected chi connectivity index (χ2v) is 6.49. The number of hydrogen-bond donors (Lipinski definition) is 0. The molecule has 102 valence electrons. The molecule has 0 fully saturated rings. The molecule has 2 atom stereocenters. The maximum absolute atomic E-state index is 12.0. The molecular formula is C17H22OS. The van der Waals surface area contributed by atoms with Crippen LogP contribution in [0.5, 0.6) is 0 Å². The fraction of sp³-hybridized carbons (Fsp3) is 0.471. The maximum Gasteiger partial charge on any atom is 0.143 e. The lowest BCUT2D eigenvalue weighted by Gasteiger charge is -2.26. The van der Waals surface area contributed by atoms with Gasteiger partial charge in [-0.3, -0.25) is 4.79 Å². The van der Waals surface area contributed by atoms with E-state index in [1.54, 1.807) is 18.7 Å². The Morgan fingerprint density at radius 1 is 1.21 bits per heavy atom. The average Bonchev–Trinajstić information content (AvgIpc) is 2.46. The molecule has 0 heterocycles. The first-order valence-corrected chi connectivity index (χ1v) is 7.97. The van der Waals surface area contributed by atoms with Crippen molar-refractivity contribution in [2.45, 2.75) is 49.7 Å². The van der Waals surface area contributed by atoms with Gasteiger partial charge in [-0.1, -0.05) is 36.8 Å². The number of benzene rings is 1. The minimum Gasteiger partial charge on any atom is -0.299 e. The van der Waals surface area contributed by atoms with Crippen molar-refractivity contribution in [1.29, 1.82) is 0 Å². The number of carbonyl (C=O) groups is 1. The molecule has 0 aliphatic heterocycles. The van der Waals surface area contributed by atoms with Crippen LogP contribution in [0.2, 0.25) is 0 Å². The second kappa shape index (κ2) is 6.95. The van der Waals surface area contributed by atoms with Gasteiger partial charge in [0.15, 0.2) is 0 Å². The van der Waals surface area contributed by atoms with Gasteiger partial charge in [0.2, 0.25) is 0 Å². The van der Waals surface area contributed by atoms with Crippen LogP contribution in [-0.4, -0.2) is 11.0 Å². The summed E-state index contributed by atoms with van der Waals surface area (Å²) in [5.74, 6) is 0.635. The predicted octanol–water partition coefficient (Wildman–Crippen LogP) is 4.87. The summed E-state index contributed by atoms with van der Waals surface area (Å²) in [6.45, 7) is 3.93. The van der Waals surface area contributed by atoms with Crippen molar-refractivity contribution in [3.8, 4) is 0 Å². The molecule has 0 amide bonds. The molecule has 0 bridgehead atoms. The Kier molecular flexibility index (Phi) is 5.26. The molecule has 1 aromatic rings. The molecular weight excluding hydrogens is 252 g/mol. The maximum atomic E-state index is 12.0. The number of carbonyl (C=O) groups excluding carboxylic acids is 1. The highest BCUT2D eigenvalue weighted by molar-refractivity contribution is 8.00. The molecule has 1 aromatic carbocycles. The van der Waals surface area contributed by atoms with Crippen molar-refractivity contribution in [2.24, 2.45) is 5.92 Å². The monoisotopic (exact) mass is 274 g/mol. The van der Waals surface area contributed by atoms with Crippen molar-refractivity contribution < 1.29 is 4.79 Å². The van der Waals surface area contributed by atoms with Gasteiger partial charge in [0.1, 0.15) is 5.78 Å². The molecule has 2 rings (SSSR count). The third-order valence-electron chi connectivity index (χ3n) is 3.77. The molecule has 19 heavy (non-hydrogen) atoms. The van der Waals surface area contributed by atoms with E-state index in [4.69, 9.17) is 0 Å². The quantitative estimate of drug-likeness (QED) is 0.562. The zero-order valence-electron chi connectivity index (χ0n) is 11.8. The predicted molar refractivity (Wildman–Crippen MR) is 82.5 cm³/mol. The average molecular weight is 274 g/mol. The third-order valence-corrected chi connectivity index (χ3v) is 5.31. The van der Waals surface area contributed by atoms with Crippen LogP contribution in [0.15, 0.2) is 46.9 Å². The minimum atomic E-state index is 0.0479. The first-order valence-electron chi connectivity index (χ1n) is 7.09. The van der Waals surface area contributed by atoms with Gasteiger partial charge in [-0.25, -0.2) is 0 Å². The van der Waals surface area contributed by atoms with Crippen LogP contribution in [0.1, 0.15) is 39.5 Å². The van der Waals surface area contributed by atoms with E-state index < -0.39 is 0 Å². The van der Waals surface area contributed by atoms with Crippen LogP contribution in [0.3, 0.4) is 0 Å². The summed E-state index contributed by atoms with van der Waals surface area (Å²) in [5.41, 5.74) is 1.48. The lowest BCUT2D eigenvalue weighted by atomic mass is 9.87. The second-order valence-electron chi connectivity index (χ2n) is 5.28. The molecule has 1 nitrogen and oxygen atoms in total. The lowest BCUT2D eigenvalue weighted by molar-refractivity contribution is -0.117. The van der Waals surface area contributed by atoms with E-state index in [1.165, 1.54) is 36.2 Å². The topological polar surface area (TPSA) is 17.1 Å². The fourth-order valence-electron chi connectivity index (χ4n) is 2.65. The van der Waals surface area contributed by atoms with E-state index in [9.17, 15) is 4.79 Å². The Labute approximate surface area is 120 Å². The van der Waals surface area contributed by atoms with Crippen LogP contribution in [0.25, 0.3) is 0 Å². The molecule has 0 spiro atoms. The van der Waals surface area contributed by atoms with Gasteiger partial charge in [-0.05, 0) is 50.7 Å². The molecule has 0 aromatic heterocycles. The van der Waals surface area contributed by atoms with Crippen molar-refractivity contribution in [2.75, 3.05) is 0 Å². The van der Waals surface area contributed by atoms with E-state index in [0.717, 1.165) is 0 Å². The summed E-state index contributed by atoms with van der Waals surface area (Å²) in [6, 6.07) is 10.2. The molecule has 2 heteroatoms. The van der Waals surface area contributed by atoms with E-state index in [-0.39, 0.29) is 11.0 Å². The first kappa shape index (κ1) is 14.4. The summed E-state index contributed by atoms with van der Waals surface area (Å²) < 4.78 is 0. The molecule has 1 aliphatic carbocycles. The van der Waals surface area contributed by atoms with Crippen LogP contribution in [0.4, 0.5) is 0 Å². The Morgan fingerprint density at radius 3 is 2.53 bits per heavy atom. The number of rotatable bonds is 5. The van der Waals surface area contributed by atoms with Crippen LogP contribution < -0.4 is 0 Å². The Balaban J connectivity index is 2.11. The molecule has 0 saturated carbocycles. The van der Waals surface area contributed by atoms with Crippen LogP contribution in [-0.2, 0) is 4.79 Å². The summed E-state index contributed by atoms with van der Waals surface area (Å²) in [5, 5.41) is 0.0479. The van der Waals surface area contributed by atoms with Gasteiger partial charge in [-0.15, -0.1) is 11.8 Å². The van der Waals surface area contributed by atoms with E-state index in [1.807, 2.05) is 18.2 Å². The highest BCUT2D eigenvalue weighted by atomic mass is 32.2. The highest BCUT2D eigenvalue weighted by Crippen LogP contribution is 2.35. The minimum absolute atomic E-state index is 0.0479. The number of Topliss-reactive ketones (excluding diaryl/α,β-unsaturated/α-hetero) is 1. The number of hydrogen-bond acceptors (Lipinski definition) is 2. The van der Waals surface area contributed by atoms with Crippen molar-refractivity contribution >= 4 is 17.5 Å². The normalized spacial score (nSPS) is 18.5. The highest BCUT2D eigenvalue weighted by Gasteiger charge is 2.26. The molecule has 1 aliphatic rings. The van der Waals surface area contributed by atoms with Crippen LogP contribution in [0, 0.1) is 5.92 Å². The first-order chi connectivity index (χ1) is 9.18. The fourth-order valence-corrected chi connectivity index (χ4v) is 3.81. The summed E-state index contributed by atoms with van der Waals surface area (Å²) >= 11 is 1.71. The van der Waals surface area contributed by atoms with Crippen molar-refractivity contribution in [3.05, 3.63) is 42.0 Å². The number of allylic oxidation sites excluding steroid dienone is 2. The van der Waals surface area contributed by atoms with Crippen molar-refractivity contribution in [1.82, 2.24) is 0 Å². The standard InChI is InChI=1S/C17H22OS/c1-13(15-9-5-3-6-10-15)17(14(2)18)19-16-11-7-4-8-12-16/h4,7-9,11-13,17H,3,5-6,10H2,1-2H3. The molecule has 0 radical (unpaired) electrons. The largest absolute Gasteiger partial charge is 0.299 e. The zero-order valence-corrected chi connectivity index (χ0v) is 12.6. The molecule has 2 unspecified atom stereocenters. The Morgan fingerprint density at radius 2 is 1.95 bits per heavy atom. The van der Waals surface area contributed by atoms with Gasteiger partial charge in [0, 0.05) is 4.90 Å². The number of thioether (sulfide) groups is 1. The van der Waals surface area contributed by atoms with E-state index >= 15 is 0 Å². The van der Waals surface area contributed by atoms with E-state index in [0.29, 0.717) is 5.92 Å². The lowest BCUT2D eigenvalue weighted by Crippen LogP contribution is -2.24. The Bertz CT molecular complexity index is 450. The van der Waals surface area contributed by atoms with Gasteiger partial charge in [-0.2, -0.15) is 0 Å². The van der Waals surface area contributed by atoms with Gasteiger partial charge >= 0.3 is 0 Å². The van der Waals surface area contributed by atoms with Crippen LogP contribution >= 0.6 is 11.8 Å². The summed E-state index contributed by atoms with van der Waals surface area (Å²) in [7, 11) is 0. The van der Waals surface area contributed by atoms with E-state index in [2.05, 4.69) is 25.1 Å². The van der Waals surface area contributed by atoms with Gasteiger partial charge < -0.3 is 0 Å². The van der Waals surface area contributed by atoms with Crippen molar-refractivity contribution in [3.63, 3.8) is 0 Å². The summed E-state index contributed by atoms with van der Waals surface area (Å²) in [4.78, 5) is 13.2. The third kappa shape index (κ3) is 3.97. The molecule has 0 N–H and O–H groups in total.